The second kappa shape index (κ2) is 7.07. The van der Waals surface area contributed by atoms with Crippen LogP contribution in [0.15, 0.2) is 6.33 Å². The number of hydrogen-bond acceptors (Lipinski definition) is 4. The molecule has 0 aliphatic rings. The van der Waals surface area contributed by atoms with E-state index in [0.29, 0.717) is 30.1 Å². The van der Waals surface area contributed by atoms with E-state index in [0.717, 1.165) is 29.8 Å². The van der Waals surface area contributed by atoms with Gasteiger partial charge in [-0.25, -0.2) is 9.97 Å². The standard InChI is InChI=1S/C15H23ClN4O/c1-5-11(6-2)10(3)20-12(7-8-16)19-13-14(20)17-9-18-15(13)21-4/h9-11H,5-8H2,1-4H3. The maximum atomic E-state index is 5.94. The summed E-state index contributed by atoms with van der Waals surface area (Å²) in [6.45, 7) is 6.67. The van der Waals surface area contributed by atoms with Crippen LogP contribution in [-0.2, 0) is 6.42 Å². The van der Waals surface area contributed by atoms with Crippen molar-refractivity contribution in [3.05, 3.63) is 12.2 Å². The highest BCUT2D eigenvalue weighted by molar-refractivity contribution is 6.17. The minimum absolute atomic E-state index is 0.322. The molecule has 0 fully saturated rings. The number of alkyl halides is 1. The second-order valence-corrected chi connectivity index (χ2v) is 5.59. The minimum atomic E-state index is 0.322. The average molecular weight is 311 g/mol. The van der Waals surface area contributed by atoms with Crippen molar-refractivity contribution in [2.75, 3.05) is 13.0 Å². The summed E-state index contributed by atoms with van der Waals surface area (Å²) < 4.78 is 7.51. The van der Waals surface area contributed by atoms with Crippen LogP contribution in [0.25, 0.3) is 11.2 Å². The van der Waals surface area contributed by atoms with Crippen LogP contribution in [0.5, 0.6) is 5.88 Å². The number of imidazole rings is 1. The molecule has 1 atom stereocenters. The molecule has 21 heavy (non-hydrogen) atoms. The summed E-state index contributed by atoms with van der Waals surface area (Å²) in [5.41, 5.74) is 1.55. The molecule has 0 amide bonds. The van der Waals surface area contributed by atoms with Gasteiger partial charge < -0.3 is 9.30 Å². The molecule has 2 aromatic heterocycles. The molecule has 2 aromatic rings. The number of nitrogens with zero attached hydrogens (tertiary/aromatic N) is 4. The fourth-order valence-corrected chi connectivity index (χ4v) is 3.12. The first kappa shape index (κ1) is 16.0. The Morgan fingerprint density at radius 2 is 2.00 bits per heavy atom. The molecule has 1 unspecified atom stereocenters. The molecule has 0 aliphatic carbocycles. The third-order valence-corrected chi connectivity index (χ3v) is 4.36. The molecule has 2 rings (SSSR count). The molecule has 116 valence electrons. The van der Waals surface area contributed by atoms with E-state index in [-0.39, 0.29) is 0 Å². The number of halogens is 1. The maximum Gasteiger partial charge on any atom is 0.245 e. The highest BCUT2D eigenvalue weighted by Crippen LogP contribution is 2.31. The van der Waals surface area contributed by atoms with Crippen molar-refractivity contribution in [1.82, 2.24) is 19.5 Å². The Labute approximate surface area is 130 Å². The minimum Gasteiger partial charge on any atom is -0.479 e. The lowest BCUT2D eigenvalue weighted by Gasteiger charge is -2.24. The smallest absolute Gasteiger partial charge is 0.245 e. The van der Waals surface area contributed by atoms with E-state index in [1.54, 1.807) is 7.11 Å². The van der Waals surface area contributed by atoms with E-state index in [1.165, 1.54) is 6.33 Å². The van der Waals surface area contributed by atoms with Crippen LogP contribution in [0.4, 0.5) is 0 Å². The largest absolute Gasteiger partial charge is 0.479 e. The predicted molar refractivity (Wildman–Crippen MR) is 85.1 cm³/mol. The molecule has 0 aromatic carbocycles. The normalized spacial score (nSPS) is 13.0. The monoisotopic (exact) mass is 310 g/mol. The first-order valence-corrected chi connectivity index (χ1v) is 8.03. The van der Waals surface area contributed by atoms with Crippen molar-refractivity contribution >= 4 is 22.8 Å². The third kappa shape index (κ3) is 2.98. The van der Waals surface area contributed by atoms with E-state index in [1.807, 2.05) is 0 Å². The zero-order chi connectivity index (χ0) is 15.4. The van der Waals surface area contributed by atoms with Gasteiger partial charge in [-0.15, -0.1) is 11.6 Å². The number of methoxy groups -OCH3 is 1. The Morgan fingerprint density at radius 1 is 1.29 bits per heavy atom. The molecule has 2 heterocycles. The number of aromatic nitrogens is 4. The lowest BCUT2D eigenvalue weighted by molar-refractivity contribution is 0.332. The van der Waals surface area contributed by atoms with Crippen LogP contribution in [0.1, 0.15) is 45.5 Å². The van der Waals surface area contributed by atoms with Crippen molar-refractivity contribution in [2.45, 2.75) is 46.1 Å². The Morgan fingerprint density at radius 3 is 2.57 bits per heavy atom. The van der Waals surface area contributed by atoms with Crippen LogP contribution in [0.2, 0.25) is 0 Å². The Balaban J connectivity index is 2.61. The van der Waals surface area contributed by atoms with Gasteiger partial charge in [0.2, 0.25) is 5.88 Å². The van der Waals surface area contributed by atoms with E-state index in [9.17, 15) is 0 Å². The van der Waals surface area contributed by atoms with Gasteiger partial charge in [-0.3, -0.25) is 0 Å². The quantitative estimate of drug-likeness (QED) is 0.733. The fraction of sp³-hybridized carbons (Fsp3) is 0.667. The van der Waals surface area contributed by atoms with Gasteiger partial charge in [0.25, 0.3) is 0 Å². The zero-order valence-corrected chi connectivity index (χ0v) is 13.9. The van der Waals surface area contributed by atoms with E-state index >= 15 is 0 Å². The molecule has 6 heteroatoms. The van der Waals surface area contributed by atoms with Crippen LogP contribution < -0.4 is 4.74 Å². The summed E-state index contributed by atoms with van der Waals surface area (Å²) in [4.78, 5) is 13.2. The zero-order valence-electron chi connectivity index (χ0n) is 13.1. The van der Waals surface area contributed by atoms with Gasteiger partial charge in [0.15, 0.2) is 11.2 Å². The third-order valence-electron chi connectivity index (χ3n) is 4.17. The molecule has 5 nitrogen and oxygen atoms in total. The van der Waals surface area contributed by atoms with Crippen molar-refractivity contribution in [3.63, 3.8) is 0 Å². The summed E-state index contributed by atoms with van der Waals surface area (Å²) in [5, 5.41) is 0. The molecule has 0 radical (unpaired) electrons. The van der Waals surface area contributed by atoms with Gasteiger partial charge in [-0.1, -0.05) is 26.7 Å². The van der Waals surface area contributed by atoms with E-state index in [2.05, 4.69) is 40.3 Å². The number of hydrogen-bond donors (Lipinski definition) is 0. The Bertz CT molecular complexity index is 595. The van der Waals surface area contributed by atoms with Crippen molar-refractivity contribution < 1.29 is 4.74 Å². The highest BCUT2D eigenvalue weighted by atomic mass is 35.5. The second-order valence-electron chi connectivity index (χ2n) is 5.21. The molecule has 0 spiro atoms. The van der Waals surface area contributed by atoms with Crippen LogP contribution >= 0.6 is 11.6 Å². The first-order valence-electron chi connectivity index (χ1n) is 7.49. The summed E-state index contributed by atoms with van der Waals surface area (Å²) in [6.07, 6.45) is 4.49. The Hall–Kier alpha value is -1.36. The number of fused-ring (bicyclic) bond motifs is 1. The lowest BCUT2D eigenvalue weighted by Crippen LogP contribution is -2.18. The van der Waals surface area contributed by atoms with Crippen molar-refractivity contribution in [1.29, 1.82) is 0 Å². The summed E-state index contributed by atoms with van der Waals surface area (Å²) in [7, 11) is 1.60. The number of rotatable bonds is 7. The predicted octanol–water partition coefficient (Wildman–Crippen LogP) is 3.61. The SMILES string of the molecule is CCC(CC)C(C)n1c(CCCl)nc2c(OC)ncnc21. The van der Waals surface area contributed by atoms with Crippen LogP contribution in [0, 0.1) is 5.92 Å². The van der Waals surface area contributed by atoms with Gasteiger partial charge in [0.1, 0.15) is 12.2 Å². The summed E-state index contributed by atoms with van der Waals surface area (Å²) in [5.74, 6) is 2.59. The average Bonchev–Trinajstić information content (AvgIpc) is 2.86. The molecular formula is C15H23ClN4O. The van der Waals surface area contributed by atoms with Gasteiger partial charge in [0, 0.05) is 18.3 Å². The summed E-state index contributed by atoms with van der Waals surface area (Å²) >= 11 is 5.94. The van der Waals surface area contributed by atoms with Gasteiger partial charge in [0.05, 0.1) is 7.11 Å². The van der Waals surface area contributed by atoms with Crippen molar-refractivity contribution in [2.24, 2.45) is 5.92 Å². The lowest BCUT2D eigenvalue weighted by atomic mass is 9.95. The molecular weight excluding hydrogens is 288 g/mol. The van der Waals surface area contributed by atoms with Crippen LogP contribution in [0.3, 0.4) is 0 Å². The van der Waals surface area contributed by atoms with Crippen LogP contribution in [-0.4, -0.2) is 32.5 Å². The molecule has 0 saturated heterocycles. The number of ether oxygens (including phenoxy) is 1. The Kier molecular flexibility index (Phi) is 5.39. The number of aryl methyl sites for hydroxylation is 1. The van der Waals surface area contributed by atoms with Gasteiger partial charge in [-0.05, 0) is 12.8 Å². The van der Waals surface area contributed by atoms with E-state index in [4.69, 9.17) is 16.3 Å². The molecule has 0 saturated carbocycles. The van der Waals surface area contributed by atoms with Gasteiger partial charge in [-0.2, -0.15) is 4.98 Å². The van der Waals surface area contributed by atoms with E-state index < -0.39 is 0 Å². The topological polar surface area (TPSA) is 52.8 Å². The first-order chi connectivity index (χ1) is 10.2. The highest BCUT2D eigenvalue weighted by Gasteiger charge is 2.23. The summed E-state index contributed by atoms with van der Waals surface area (Å²) in [6, 6.07) is 0.322. The molecule has 0 aliphatic heterocycles. The molecule has 0 bridgehead atoms. The van der Waals surface area contributed by atoms with Crippen molar-refractivity contribution in [3.8, 4) is 5.88 Å². The molecule has 0 N–H and O–H groups in total. The van der Waals surface area contributed by atoms with Gasteiger partial charge >= 0.3 is 0 Å². The maximum absolute atomic E-state index is 5.94. The fourth-order valence-electron chi connectivity index (χ4n) is 2.95.